The van der Waals surface area contributed by atoms with E-state index in [0.29, 0.717) is 19.3 Å². The van der Waals surface area contributed by atoms with E-state index in [0.717, 1.165) is 0 Å². The molecule has 0 heterocycles. The summed E-state index contributed by atoms with van der Waals surface area (Å²) in [5.41, 5.74) is 4.90. The zero-order valence-corrected chi connectivity index (χ0v) is 10.00. The molecule has 0 aliphatic heterocycles. The largest absolute Gasteiger partial charge is 0.481 e. The van der Waals surface area contributed by atoms with Crippen LogP contribution in [0.3, 0.4) is 0 Å². The molecule has 0 aliphatic rings. The normalized spacial score (nSPS) is 13.3. The smallest absolute Gasteiger partial charge is 0.303 e. The van der Waals surface area contributed by atoms with Crippen LogP contribution >= 0.6 is 0 Å². The van der Waals surface area contributed by atoms with Gasteiger partial charge in [0.25, 0.3) is 0 Å². The van der Waals surface area contributed by atoms with E-state index < -0.39 is 27.0 Å². The molecule has 0 aromatic rings. The van der Waals surface area contributed by atoms with Crippen molar-refractivity contribution in [2.24, 2.45) is 5.73 Å². The lowest BCUT2D eigenvalue weighted by atomic mass is 10.2. The monoisotopic (exact) mass is 251 g/mol. The number of carboxylic acid groups (broad SMARTS) is 1. The van der Waals surface area contributed by atoms with Crippen molar-refractivity contribution in [1.82, 2.24) is 0 Å². The molecule has 0 radical (unpaired) electrons. The highest BCUT2D eigenvalue weighted by molar-refractivity contribution is 7.92. The minimum atomic E-state index is -3.48. The summed E-state index contributed by atoms with van der Waals surface area (Å²) in [7, 11) is -3.48. The van der Waals surface area contributed by atoms with Crippen LogP contribution in [-0.2, 0) is 19.4 Å². The van der Waals surface area contributed by atoms with Crippen molar-refractivity contribution < 1.29 is 23.1 Å². The molecule has 0 spiro atoms. The van der Waals surface area contributed by atoms with Crippen molar-refractivity contribution in [2.75, 3.05) is 5.75 Å². The van der Waals surface area contributed by atoms with Crippen LogP contribution in [0.5, 0.6) is 0 Å². The number of aliphatic carboxylic acids is 1. The van der Waals surface area contributed by atoms with E-state index in [9.17, 15) is 18.0 Å². The van der Waals surface area contributed by atoms with Gasteiger partial charge in [0.1, 0.15) is 5.25 Å². The van der Waals surface area contributed by atoms with Crippen molar-refractivity contribution >= 4 is 21.7 Å². The Hall–Kier alpha value is -1.11. The van der Waals surface area contributed by atoms with Gasteiger partial charge in [-0.05, 0) is 19.8 Å². The second-order valence-corrected chi connectivity index (χ2v) is 6.06. The molecule has 0 aromatic heterocycles. The Morgan fingerprint density at radius 1 is 1.25 bits per heavy atom. The fourth-order valence-corrected chi connectivity index (χ4v) is 2.42. The van der Waals surface area contributed by atoms with Gasteiger partial charge in [0.15, 0.2) is 9.84 Å². The quantitative estimate of drug-likeness (QED) is 0.585. The number of hydrogen-bond donors (Lipinski definition) is 2. The molecular weight excluding hydrogens is 234 g/mol. The maximum absolute atomic E-state index is 11.5. The van der Waals surface area contributed by atoms with Crippen LogP contribution in [0.2, 0.25) is 0 Å². The molecule has 0 saturated heterocycles. The van der Waals surface area contributed by atoms with E-state index in [-0.39, 0.29) is 12.2 Å². The van der Waals surface area contributed by atoms with E-state index in [2.05, 4.69) is 0 Å². The minimum absolute atomic E-state index is 0.0332. The van der Waals surface area contributed by atoms with Crippen molar-refractivity contribution in [3.8, 4) is 0 Å². The van der Waals surface area contributed by atoms with Crippen LogP contribution in [0.1, 0.15) is 32.6 Å². The first kappa shape index (κ1) is 14.9. The van der Waals surface area contributed by atoms with Crippen LogP contribution in [0.4, 0.5) is 0 Å². The zero-order chi connectivity index (χ0) is 12.8. The average Bonchev–Trinajstić information content (AvgIpc) is 2.15. The van der Waals surface area contributed by atoms with Gasteiger partial charge in [-0.1, -0.05) is 6.42 Å². The van der Waals surface area contributed by atoms with Crippen LogP contribution in [0.25, 0.3) is 0 Å². The molecule has 0 fully saturated rings. The van der Waals surface area contributed by atoms with Gasteiger partial charge in [-0.15, -0.1) is 0 Å². The molecule has 1 amide bonds. The molecule has 3 N–H and O–H groups in total. The number of rotatable bonds is 8. The molecule has 94 valence electrons. The third-order valence-electron chi connectivity index (χ3n) is 2.26. The topological polar surface area (TPSA) is 115 Å². The first-order valence-electron chi connectivity index (χ1n) is 5.00. The molecule has 6 nitrogen and oxygen atoms in total. The van der Waals surface area contributed by atoms with Gasteiger partial charge in [0.2, 0.25) is 5.91 Å². The Bertz CT molecular complexity index is 349. The first-order valence-corrected chi connectivity index (χ1v) is 6.71. The van der Waals surface area contributed by atoms with Crippen LogP contribution < -0.4 is 5.73 Å². The number of sulfone groups is 1. The van der Waals surface area contributed by atoms with Gasteiger partial charge in [-0.2, -0.15) is 0 Å². The predicted molar refractivity (Wildman–Crippen MR) is 58.5 cm³/mol. The number of carbonyl (C=O) groups excluding carboxylic acids is 1. The lowest BCUT2D eigenvalue weighted by molar-refractivity contribution is -0.137. The van der Waals surface area contributed by atoms with Gasteiger partial charge in [-0.3, -0.25) is 9.59 Å². The Balaban J connectivity index is 3.93. The van der Waals surface area contributed by atoms with Crippen LogP contribution in [-0.4, -0.2) is 36.4 Å². The number of unbranched alkanes of at least 4 members (excludes halogenated alkanes) is 2. The maximum Gasteiger partial charge on any atom is 0.303 e. The summed E-state index contributed by atoms with van der Waals surface area (Å²) in [6, 6.07) is 0. The molecule has 0 aliphatic carbocycles. The molecule has 1 atom stereocenters. The summed E-state index contributed by atoms with van der Waals surface area (Å²) in [6.07, 6.45) is 1.34. The third-order valence-corrected chi connectivity index (χ3v) is 4.43. The minimum Gasteiger partial charge on any atom is -0.481 e. The van der Waals surface area contributed by atoms with Gasteiger partial charge >= 0.3 is 5.97 Å². The van der Waals surface area contributed by atoms with Crippen molar-refractivity contribution in [3.63, 3.8) is 0 Å². The van der Waals surface area contributed by atoms with E-state index in [1.807, 2.05) is 0 Å². The summed E-state index contributed by atoms with van der Waals surface area (Å²) in [5.74, 6) is -1.88. The molecule has 1 unspecified atom stereocenters. The summed E-state index contributed by atoms with van der Waals surface area (Å²) in [6.45, 7) is 1.26. The van der Waals surface area contributed by atoms with E-state index in [4.69, 9.17) is 10.8 Å². The highest BCUT2D eigenvalue weighted by Crippen LogP contribution is 2.07. The number of carboxylic acids is 1. The lowest BCUT2D eigenvalue weighted by Crippen LogP contribution is -2.34. The molecular formula is C9H17NO5S. The molecule has 0 bridgehead atoms. The summed E-state index contributed by atoms with van der Waals surface area (Å²) in [5, 5.41) is 7.18. The molecule has 0 rings (SSSR count). The Kier molecular flexibility index (Phi) is 6.02. The fraction of sp³-hybridized carbons (Fsp3) is 0.778. The van der Waals surface area contributed by atoms with Crippen LogP contribution in [0.15, 0.2) is 0 Å². The molecule has 7 heteroatoms. The van der Waals surface area contributed by atoms with Crippen molar-refractivity contribution in [3.05, 3.63) is 0 Å². The zero-order valence-electron chi connectivity index (χ0n) is 9.18. The van der Waals surface area contributed by atoms with Gasteiger partial charge in [-0.25, -0.2) is 8.42 Å². The van der Waals surface area contributed by atoms with Gasteiger partial charge in [0.05, 0.1) is 5.75 Å². The Morgan fingerprint density at radius 2 is 1.81 bits per heavy atom. The highest BCUT2D eigenvalue weighted by atomic mass is 32.2. The summed E-state index contributed by atoms with van der Waals surface area (Å²) < 4.78 is 22.9. The first-order chi connectivity index (χ1) is 7.27. The van der Waals surface area contributed by atoms with E-state index in [1.54, 1.807) is 0 Å². The predicted octanol–water partition coefficient (Wildman–Crippen LogP) is -0.0800. The van der Waals surface area contributed by atoms with Gasteiger partial charge < -0.3 is 10.8 Å². The highest BCUT2D eigenvalue weighted by Gasteiger charge is 2.24. The average molecular weight is 251 g/mol. The fourth-order valence-electron chi connectivity index (χ4n) is 1.11. The second kappa shape index (κ2) is 6.47. The lowest BCUT2D eigenvalue weighted by Gasteiger charge is -2.08. The number of amides is 1. The summed E-state index contributed by atoms with van der Waals surface area (Å²) in [4.78, 5) is 20.9. The number of nitrogens with two attached hydrogens (primary N) is 1. The number of carbonyl (C=O) groups is 2. The Labute approximate surface area is 94.7 Å². The van der Waals surface area contributed by atoms with Crippen LogP contribution in [0, 0.1) is 0 Å². The van der Waals surface area contributed by atoms with E-state index >= 15 is 0 Å². The maximum atomic E-state index is 11.5. The molecule has 0 aromatic carbocycles. The number of hydrogen-bond acceptors (Lipinski definition) is 4. The summed E-state index contributed by atoms with van der Waals surface area (Å²) >= 11 is 0. The van der Waals surface area contributed by atoms with Crippen molar-refractivity contribution in [2.45, 2.75) is 37.9 Å². The molecule has 0 saturated carbocycles. The third kappa shape index (κ3) is 5.69. The van der Waals surface area contributed by atoms with E-state index in [1.165, 1.54) is 6.92 Å². The molecule has 16 heavy (non-hydrogen) atoms. The Morgan fingerprint density at radius 3 is 2.25 bits per heavy atom. The van der Waals surface area contributed by atoms with Crippen molar-refractivity contribution in [1.29, 1.82) is 0 Å². The standard InChI is InChI=1S/C9H17NO5S/c1-7(9(10)13)16(14,15)6-4-2-3-5-8(11)12/h7H,2-6H2,1H3,(H2,10,13)(H,11,12). The number of primary amides is 1. The van der Waals surface area contributed by atoms with Gasteiger partial charge in [0, 0.05) is 6.42 Å². The SMILES string of the molecule is CC(C(N)=O)S(=O)(=O)CCCCCC(=O)O. The second-order valence-electron chi connectivity index (χ2n) is 3.62.